The van der Waals surface area contributed by atoms with Gasteiger partial charge in [-0.05, 0) is 18.2 Å². The lowest BCUT2D eigenvalue weighted by Gasteiger charge is -2.07. The minimum Gasteiger partial charge on any atom is -0.379 e. The van der Waals surface area contributed by atoms with E-state index in [4.69, 9.17) is 15.8 Å². The van der Waals surface area contributed by atoms with Crippen LogP contribution in [0, 0.1) is 10.1 Å². The third-order valence-corrected chi connectivity index (χ3v) is 4.09. The first kappa shape index (κ1) is 14.3. The van der Waals surface area contributed by atoms with Gasteiger partial charge in [-0.25, -0.2) is 0 Å². The summed E-state index contributed by atoms with van der Waals surface area (Å²) in [6.07, 6.45) is 0. The maximum absolute atomic E-state index is 12.0. The number of non-ortho nitro benzene ring substituents is 1. The van der Waals surface area contributed by atoms with Gasteiger partial charge in [0.05, 0.1) is 16.0 Å². The van der Waals surface area contributed by atoms with Crippen molar-refractivity contribution >= 4 is 27.4 Å². The van der Waals surface area contributed by atoms with E-state index in [1.54, 1.807) is 6.07 Å². The molecule has 2 rings (SSSR count). The summed E-state index contributed by atoms with van der Waals surface area (Å²) in [4.78, 5) is 9.78. The fraction of sp³-hybridized carbons (Fsp3) is 0. The Balaban J connectivity index is 2.36. The Kier molecular flexibility index (Phi) is 3.91. The summed E-state index contributed by atoms with van der Waals surface area (Å²) in [6.45, 7) is 0. The van der Waals surface area contributed by atoms with Crippen LogP contribution in [0.3, 0.4) is 0 Å². The number of halogens is 1. The lowest BCUT2D eigenvalue weighted by Crippen LogP contribution is -2.10. The Morgan fingerprint density at radius 2 is 1.80 bits per heavy atom. The fourth-order valence-corrected chi connectivity index (χ4v) is 2.89. The van der Waals surface area contributed by atoms with Gasteiger partial charge in [-0.1, -0.05) is 29.8 Å². The zero-order chi connectivity index (χ0) is 14.8. The molecule has 0 spiro atoms. The maximum atomic E-state index is 12.0. The molecule has 0 aliphatic heterocycles. The van der Waals surface area contributed by atoms with E-state index >= 15 is 0 Å². The lowest BCUT2D eigenvalue weighted by molar-refractivity contribution is -0.384. The monoisotopic (exact) mass is 313 g/mol. The standard InChI is InChI=1S/C12H8ClNO5S/c13-11-6-1-2-7-12(11)20(17,18)19-10-5-3-4-9(8-10)14(15)16/h1-8H. The topological polar surface area (TPSA) is 86.5 Å². The highest BCUT2D eigenvalue weighted by molar-refractivity contribution is 7.87. The molecule has 20 heavy (non-hydrogen) atoms. The van der Waals surface area contributed by atoms with Crippen LogP contribution in [0.15, 0.2) is 53.4 Å². The Bertz CT molecular complexity index is 760. The summed E-state index contributed by atoms with van der Waals surface area (Å²) in [6, 6.07) is 10.7. The number of nitrogens with zero attached hydrogens (tertiary/aromatic N) is 1. The molecule has 0 amide bonds. The first-order chi connectivity index (χ1) is 9.40. The van der Waals surface area contributed by atoms with Gasteiger partial charge in [0.1, 0.15) is 10.6 Å². The average Bonchev–Trinajstić information content (AvgIpc) is 2.38. The maximum Gasteiger partial charge on any atom is 0.340 e. The Hall–Kier alpha value is -2.12. The van der Waals surface area contributed by atoms with E-state index in [1.807, 2.05) is 0 Å². The van der Waals surface area contributed by atoms with Gasteiger partial charge in [0.2, 0.25) is 0 Å². The second-order valence-electron chi connectivity index (χ2n) is 3.72. The van der Waals surface area contributed by atoms with E-state index in [1.165, 1.54) is 36.4 Å². The molecule has 0 aromatic heterocycles. The second-order valence-corrected chi connectivity index (χ2v) is 5.64. The molecule has 0 N–H and O–H groups in total. The Labute approximate surface area is 119 Å². The van der Waals surface area contributed by atoms with Crippen LogP contribution in [0.25, 0.3) is 0 Å². The molecule has 6 nitrogen and oxygen atoms in total. The van der Waals surface area contributed by atoms with E-state index in [-0.39, 0.29) is 21.4 Å². The van der Waals surface area contributed by atoms with Crippen LogP contribution < -0.4 is 4.18 Å². The van der Waals surface area contributed by atoms with Gasteiger partial charge in [-0.15, -0.1) is 0 Å². The molecule has 0 radical (unpaired) electrons. The second kappa shape index (κ2) is 5.48. The van der Waals surface area contributed by atoms with Crippen LogP contribution in [0.5, 0.6) is 5.75 Å². The van der Waals surface area contributed by atoms with Crippen molar-refractivity contribution in [2.75, 3.05) is 0 Å². The molecule has 2 aromatic rings. The molecule has 0 heterocycles. The van der Waals surface area contributed by atoms with E-state index in [0.29, 0.717) is 0 Å². The molecular formula is C12H8ClNO5S. The van der Waals surface area contributed by atoms with Crippen LogP contribution in [0.1, 0.15) is 0 Å². The van der Waals surface area contributed by atoms with Crippen LogP contribution in [0.2, 0.25) is 5.02 Å². The van der Waals surface area contributed by atoms with E-state index < -0.39 is 15.0 Å². The molecule has 0 saturated heterocycles. The van der Waals surface area contributed by atoms with Crippen molar-refractivity contribution in [1.82, 2.24) is 0 Å². The number of nitro benzene ring substituents is 1. The minimum atomic E-state index is -4.14. The van der Waals surface area contributed by atoms with Crippen molar-refractivity contribution in [3.8, 4) is 5.75 Å². The van der Waals surface area contributed by atoms with Crippen molar-refractivity contribution in [2.45, 2.75) is 4.90 Å². The number of rotatable bonds is 4. The first-order valence-corrected chi connectivity index (χ1v) is 7.12. The Morgan fingerprint density at radius 3 is 2.45 bits per heavy atom. The molecule has 0 aliphatic rings. The smallest absolute Gasteiger partial charge is 0.340 e. The van der Waals surface area contributed by atoms with E-state index in [2.05, 4.69) is 0 Å². The third-order valence-electron chi connectivity index (χ3n) is 2.34. The van der Waals surface area contributed by atoms with Crippen molar-refractivity contribution in [1.29, 1.82) is 0 Å². The summed E-state index contributed by atoms with van der Waals surface area (Å²) < 4.78 is 28.9. The number of benzene rings is 2. The highest BCUT2D eigenvalue weighted by Crippen LogP contribution is 2.26. The molecule has 0 bridgehead atoms. The van der Waals surface area contributed by atoms with E-state index in [0.717, 1.165) is 6.07 Å². The van der Waals surface area contributed by atoms with Crippen molar-refractivity contribution < 1.29 is 17.5 Å². The predicted molar refractivity (Wildman–Crippen MR) is 72.4 cm³/mol. The SMILES string of the molecule is O=[N+]([O-])c1cccc(OS(=O)(=O)c2ccccc2Cl)c1. The normalized spacial score (nSPS) is 11.1. The molecule has 2 aromatic carbocycles. The van der Waals surface area contributed by atoms with Gasteiger partial charge in [0, 0.05) is 6.07 Å². The zero-order valence-corrected chi connectivity index (χ0v) is 11.5. The van der Waals surface area contributed by atoms with Crippen molar-refractivity contribution in [3.63, 3.8) is 0 Å². The predicted octanol–water partition coefficient (Wildman–Crippen LogP) is 3.02. The lowest BCUT2D eigenvalue weighted by atomic mass is 10.3. The van der Waals surface area contributed by atoms with Crippen molar-refractivity contribution in [2.24, 2.45) is 0 Å². The van der Waals surface area contributed by atoms with Crippen LogP contribution >= 0.6 is 11.6 Å². The average molecular weight is 314 g/mol. The van der Waals surface area contributed by atoms with Gasteiger partial charge < -0.3 is 4.18 Å². The summed E-state index contributed by atoms with van der Waals surface area (Å²) in [7, 11) is -4.14. The van der Waals surface area contributed by atoms with Crippen molar-refractivity contribution in [3.05, 3.63) is 63.7 Å². The van der Waals surface area contributed by atoms with Gasteiger partial charge in [0.25, 0.3) is 5.69 Å². The molecule has 0 atom stereocenters. The van der Waals surface area contributed by atoms with Gasteiger partial charge in [0.15, 0.2) is 0 Å². The molecular weight excluding hydrogens is 306 g/mol. The molecule has 0 saturated carbocycles. The summed E-state index contributed by atoms with van der Waals surface area (Å²) in [5, 5.41) is 10.6. The van der Waals surface area contributed by atoms with E-state index in [9.17, 15) is 18.5 Å². The van der Waals surface area contributed by atoms with Gasteiger partial charge in [-0.3, -0.25) is 10.1 Å². The third kappa shape index (κ3) is 3.06. The summed E-state index contributed by atoms with van der Waals surface area (Å²) >= 11 is 5.79. The zero-order valence-electron chi connectivity index (χ0n) is 9.89. The van der Waals surface area contributed by atoms with Gasteiger partial charge >= 0.3 is 10.1 Å². The highest BCUT2D eigenvalue weighted by atomic mass is 35.5. The summed E-state index contributed by atoms with van der Waals surface area (Å²) in [5.74, 6) is -0.154. The quantitative estimate of drug-likeness (QED) is 0.492. The number of nitro groups is 1. The molecule has 0 unspecified atom stereocenters. The number of hydrogen-bond acceptors (Lipinski definition) is 5. The number of hydrogen-bond donors (Lipinski definition) is 0. The molecule has 8 heteroatoms. The van der Waals surface area contributed by atoms with Crippen LogP contribution in [-0.4, -0.2) is 13.3 Å². The van der Waals surface area contributed by atoms with Crippen LogP contribution in [0.4, 0.5) is 5.69 Å². The molecule has 104 valence electrons. The van der Waals surface area contributed by atoms with Gasteiger partial charge in [-0.2, -0.15) is 8.42 Å². The fourth-order valence-electron chi connectivity index (χ4n) is 1.47. The first-order valence-electron chi connectivity index (χ1n) is 5.33. The molecule has 0 aliphatic carbocycles. The van der Waals surface area contributed by atoms with Crippen LogP contribution in [-0.2, 0) is 10.1 Å². The minimum absolute atomic E-state index is 0.0120. The Morgan fingerprint density at radius 1 is 1.10 bits per heavy atom. The highest BCUT2D eigenvalue weighted by Gasteiger charge is 2.20. The summed E-state index contributed by atoms with van der Waals surface area (Å²) in [5.41, 5.74) is -0.267. The largest absolute Gasteiger partial charge is 0.379 e. The molecule has 0 fully saturated rings.